The zero-order valence-corrected chi connectivity index (χ0v) is 15.8. The molecule has 0 spiro atoms. The number of pyridine rings is 1. The lowest BCUT2D eigenvalue weighted by Crippen LogP contribution is -2.15. The van der Waals surface area contributed by atoms with E-state index in [4.69, 9.17) is 4.74 Å². The Labute approximate surface area is 172 Å². The van der Waals surface area contributed by atoms with Crippen LogP contribution in [0.25, 0.3) is 11.2 Å². The highest BCUT2D eigenvalue weighted by molar-refractivity contribution is 5.92. The molecule has 158 valence electrons. The molecule has 0 aliphatic rings. The van der Waals surface area contributed by atoms with Gasteiger partial charge < -0.3 is 15.0 Å². The van der Waals surface area contributed by atoms with E-state index in [1.165, 1.54) is 18.3 Å². The summed E-state index contributed by atoms with van der Waals surface area (Å²) in [5.41, 5.74) is 0.158. The van der Waals surface area contributed by atoms with Crippen molar-refractivity contribution in [3.8, 4) is 11.5 Å². The molecule has 0 saturated carbocycles. The molecule has 3 N–H and O–H groups in total. The van der Waals surface area contributed by atoms with Crippen molar-refractivity contribution in [3.05, 3.63) is 82.4 Å². The lowest BCUT2D eigenvalue weighted by molar-refractivity contribution is -0.137. The van der Waals surface area contributed by atoms with E-state index in [0.717, 1.165) is 12.1 Å². The summed E-state index contributed by atoms with van der Waals surface area (Å²) in [7, 11) is 0. The summed E-state index contributed by atoms with van der Waals surface area (Å²) in [4.78, 5) is 32.9. The Bertz CT molecular complexity index is 1310. The maximum atomic E-state index is 12.8. The van der Waals surface area contributed by atoms with Crippen molar-refractivity contribution < 1.29 is 22.7 Å². The minimum Gasteiger partial charge on any atom is -0.455 e. The van der Waals surface area contributed by atoms with Gasteiger partial charge in [-0.25, -0.2) is 9.78 Å². The SMILES string of the molecule is O=C(Cc1cccc(C(F)(F)F)c1)Nc1cccc(Oc2ccnc3[nH]c(=O)[nH]c23)c1. The number of hydrogen-bond acceptors (Lipinski definition) is 4. The zero-order valence-electron chi connectivity index (χ0n) is 15.8. The second-order valence-corrected chi connectivity index (χ2v) is 6.66. The molecule has 4 aromatic rings. The molecular formula is C21H15F3N4O3. The van der Waals surface area contributed by atoms with Crippen molar-refractivity contribution in [1.29, 1.82) is 0 Å². The van der Waals surface area contributed by atoms with Crippen molar-refractivity contribution in [1.82, 2.24) is 15.0 Å². The van der Waals surface area contributed by atoms with Gasteiger partial charge in [-0.3, -0.25) is 9.78 Å². The van der Waals surface area contributed by atoms with Crippen LogP contribution in [-0.4, -0.2) is 20.9 Å². The van der Waals surface area contributed by atoms with Crippen LogP contribution in [0.3, 0.4) is 0 Å². The smallest absolute Gasteiger partial charge is 0.416 e. The molecular weight excluding hydrogens is 413 g/mol. The summed E-state index contributed by atoms with van der Waals surface area (Å²) in [6.07, 6.45) is -3.22. The molecule has 0 aliphatic carbocycles. The van der Waals surface area contributed by atoms with E-state index in [1.807, 2.05) is 0 Å². The monoisotopic (exact) mass is 428 g/mol. The van der Waals surface area contributed by atoms with E-state index in [2.05, 4.69) is 20.3 Å². The Morgan fingerprint density at radius 2 is 1.87 bits per heavy atom. The van der Waals surface area contributed by atoms with E-state index < -0.39 is 23.3 Å². The van der Waals surface area contributed by atoms with Gasteiger partial charge in [0.2, 0.25) is 5.91 Å². The average Bonchev–Trinajstić information content (AvgIpc) is 3.09. The Morgan fingerprint density at radius 1 is 1.06 bits per heavy atom. The summed E-state index contributed by atoms with van der Waals surface area (Å²) in [6.45, 7) is 0. The Balaban J connectivity index is 1.47. The van der Waals surface area contributed by atoms with E-state index in [0.29, 0.717) is 28.4 Å². The summed E-state index contributed by atoms with van der Waals surface area (Å²) < 4.78 is 44.3. The molecule has 0 fully saturated rings. The number of aromatic nitrogens is 3. The number of anilines is 1. The van der Waals surface area contributed by atoms with Crippen LogP contribution in [0.2, 0.25) is 0 Å². The van der Waals surface area contributed by atoms with E-state index in [-0.39, 0.29) is 12.0 Å². The number of rotatable bonds is 5. The van der Waals surface area contributed by atoms with Crippen LogP contribution < -0.4 is 15.7 Å². The number of H-pyrrole nitrogens is 2. The predicted molar refractivity (Wildman–Crippen MR) is 107 cm³/mol. The molecule has 0 atom stereocenters. The molecule has 0 aliphatic heterocycles. The molecule has 0 bridgehead atoms. The molecule has 2 aromatic heterocycles. The fraction of sp³-hybridized carbons (Fsp3) is 0.0952. The summed E-state index contributed by atoms with van der Waals surface area (Å²) >= 11 is 0. The molecule has 2 aromatic carbocycles. The normalized spacial score (nSPS) is 11.5. The number of halogens is 3. The Kier molecular flexibility index (Phi) is 5.20. The number of aromatic amines is 2. The molecule has 10 heteroatoms. The van der Waals surface area contributed by atoms with Crippen LogP contribution in [0.15, 0.2) is 65.6 Å². The number of hydrogen-bond donors (Lipinski definition) is 3. The molecule has 0 saturated heterocycles. The first kappa shape index (κ1) is 20.2. The first-order valence-corrected chi connectivity index (χ1v) is 9.09. The lowest BCUT2D eigenvalue weighted by Gasteiger charge is -2.11. The fourth-order valence-corrected chi connectivity index (χ4v) is 3.01. The lowest BCUT2D eigenvalue weighted by atomic mass is 10.1. The minimum absolute atomic E-state index is 0.218. The van der Waals surface area contributed by atoms with Crippen LogP contribution in [0.4, 0.5) is 18.9 Å². The van der Waals surface area contributed by atoms with Crippen molar-refractivity contribution >= 4 is 22.8 Å². The van der Waals surface area contributed by atoms with Gasteiger partial charge in [-0.1, -0.05) is 24.3 Å². The van der Waals surface area contributed by atoms with E-state index in [1.54, 1.807) is 30.3 Å². The zero-order chi connectivity index (χ0) is 22.0. The molecule has 4 rings (SSSR count). The molecule has 7 nitrogen and oxygen atoms in total. The number of nitrogens with zero attached hydrogens (tertiary/aromatic N) is 1. The third-order valence-corrected chi connectivity index (χ3v) is 4.35. The van der Waals surface area contributed by atoms with Crippen LogP contribution in [-0.2, 0) is 17.4 Å². The maximum Gasteiger partial charge on any atom is 0.416 e. The molecule has 1 amide bonds. The van der Waals surface area contributed by atoms with Crippen LogP contribution in [0.1, 0.15) is 11.1 Å². The summed E-state index contributed by atoms with van der Waals surface area (Å²) in [6, 6.07) is 12.7. The van der Waals surface area contributed by atoms with Gasteiger partial charge in [-0.05, 0) is 23.8 Å². The van der Waals surface area contributed by atoms with Gasteiger partial charge >= 0.3 is 11.9 Å². The van der Waals surface area contributed by atoms with Crippen molar-refractivity contribution in [2.45, 2.75) is 12.6 Å². The van der Waals surface area contributed by atoms with Crippen molar-refractivity contribution in [3.63, 3.8) is 0 Å². The fourth-order valence-electron chi connectivity index (χ4n) is 3.01. The largest absolute Gasteiger partial charge is 0.455 e. The third kappa shape index (κ3) is 4.74. The summed E-state index contributed by atoms with van der Waals surface area (Å²) in [5.74, 6) is 0.264. The highest BCUT2D eigenvalue weighted by Crippen LogP contribution is 2.30. The molecule has 31 heavy (non-hydrogen) atoms. The van der Waals surface area contributed by atoms with Gasteiger partial charge in [0.15, 0.2) is 11.4 Å². The maximum absolute atomic E-state index is 12.8. The van der Waals surface area contributed by atoms with Gasteiger partial charge in [-0.2, -0.15) is 13.2 Å². The number of fused-ring (bicyclic) bond motifs is 1. The number of alkyl halides is 3. The van der Waals surface area contributed by atoms with E-state index in [9.17, 15) is 22.8 Å². The van der Waals surface area contributed by atoms with Gasteiger partial charge in [0, 0.05) is 24.0 Å². The first-order valence-electron chi connectivity index (χ1n) is 9.09. The number of nitrogens with one attached hydrogen (secondary N) is 3. The average molecular weight is 428 g/mol. The highest BCUT2D eigenvalue weighted by Gasteiger charge is 2.30. The number of imidazole rings is 1. The number of carbonyl (C=O) groups is 1. The molecule has 0 unspecified atom stereocenters. The van der Waals surface area contributed by atoms with E-state index >= 15 is 0 Å². The highest BCUT2D eigenvalue weighted by atomic mass is 19.4. The summed E-state index contributed by atoms with van der Waals surface area (Å²) in [5, 5.41) is 2.64. The predicted octanol–water partition coefficient (Wildman–Crippen LogP) is 4.24. The van der Waals surface area contributed by atoms with Crippen LogP contribution in [0, 0.1) is 0 Å². The van der Waals surface area contributed by atoms with Gasteiger partial charge in [0.25, 0.3) is 0 Å². The second kappa shape index (κ2) is 7.98. The van der Waals surface area contributed by atoms with Gasteiger partial charge in [0.05, 0.1) is 12.0 Å². The van der Waals surface area contributed by atoms with Crippen LogP contribution >= 0.6 is 0 Å². The third-order valence-electron chi connectivity index (χ3n) is 4.35. The second-order valence-electron chi connectivity index (χ2n) is 6.66. The Morgan fingerprint density at radius 3 is 2.68 bits per heavy atom. The van der Waals surface area contributed by atoms with Crippen molar-refractivity contribution in [2.24, 2.45) is 0 Å². The van der Waals surface area contributed by atoms with Gasteiger partial charge in [-0.15, -0.1) is 0 Å². The van der Waals surface area contributed by atoms with Gasteiger partial charge in [0.1, 0.15) is 11.3 Å². The molecule has 0 radical (unpaired) electrons. The minimum atomic E-state index is -4.47. The van der Waals surface area contributed by atoms with Crippen molar-refractivity contribution in [2.75, 3.05) is 5.32 Å². The standard InChI is InChI=1S/C21H15F3N4O3/c22-21(23,24)13-4-1-3-12(9-13)10-17(29)26-14-5-2-6-15(11-14)31-16-7-8-25-19-18(16)27-20(30)28-19/h1-9,11H,10H2,(H,26,29)(H2,25,27,28,30). The number of carbonyl (C=O) groups excluding carboxylic acids is 1. The van der Waals surface area contributed by atoms with Crippen LogP contribution in [0.5, 0.6) is 11.5 Å². The number of amides is 1. The topological polar surface area (TPSA) is 99.9 Å². The molecule has 2 heterocycles. The number of benzene rings is 2. The number of ether oxygens (including phenoxy) is 1. The first-order chi connectivity index (χ1) is 14.8. The Hall–Kier alpha value is -4.08. The quantitative estimate of drug-likeness (QED) is 0.443.